The van der Waals surface area contributed by atoms with Crippen LogP contribution in [-0.4, -0.2) is 45.7 Å². The Balaban J connectivity index is 1.83. The minimum absolute atomic E-state index is 0.0385. The van der Waals surface area contributed by atoms with Gasteiger partial charge in [-0.05, 0) is 37.3 Å². The summed E-state index contributed by atoms with van der Waals surface area (Å²) in [5, 5.41) is 9.30. The van der Waals surface area contributed by atoms with Crippen molar-refractivity contribution in [3.05, 3.63) is 42.2 Å². The molecule has 0 saturated carbocycles. The SMILES string of the molecule is Cc1cc(-c2[nH]c(N)nc2-c2ccc3c(c2)N(CCO)C(=O)CO3)ccn1. The first-order chi connectivity index (χ1) is 13.1. The lowest BCUT2D eigenvalue weighted by molar-refractivity contribution is -0.121. The fraction of sp³-hybridized carbons (Fsp3) is 0.211. The van der Waals surface area contributed by atoms with Crippen LogP contribution in [0.1, 0.15) is 5.69 Å². The van der Waals surface area contributed by atoms with Crippen LogP contribution in [0.3, 0.4) is 0 Å². The number of ether oxygens (including phenoxy) is 1. The van der Waals surface area contributed by atoms with Crippen molar-refractivity contribution in [1.29, 1.82) is 0 Å². The highest BCUT2D eigenvalue weighted by atomic mass is 16.5. The standard InChI is InChI=1S/C19H19N5O3/c1-11-8-13(4-5-21-11)18-17(22-19(20)23-18)12-2-3-15-14(9-12)24(6-7-25)16(26)10-27-15/h2-5,8-9,25H,6-7,10H2,1H3,(H3,20,22,23). The van der Waals surface area contributed by atoms with Gasteiger partial charge in [0, 0.05) is 29.6 Å². The summed E-state index contributed by atoms with van der Waals surface area (Å²) < 4.78 is 5.50. The number of aromatic amines is 1. The molecule has 0 unspecified atom stereocenters. The number of nitrogens with zero attached hydrogens (tertiary/aromatic N) is 3. The van der Waals surface area contributed by atoms with E-state index in [4.69, 9.17) is 10.5 Å². The Morgan fingerprint density at radius 3 is 2.93 bits per heavy atom. The van der Waals surface area contributed by atoms with E-state index in [-0.39, 0.29) is 25.7 Å². The number of carbonyl (C=O) groups is 1. The Labute approximate surface area is 155 Å². The maximum Gasteiger partial charge on any atom is 0.265 e. The first-order valence-electron chi connectivity index (χ1n) is 8.54. The van der Waals surface area contributed by atoms with Crippen LogP contribution in [0.25, 0.3) is 22.5 Å². The van der Waals surface area contributed by atoms with E-state index in [2.05, 4.69) is 15.0 Å². The van der Waals surface area contributed by atoms with Gasteiger partial charge in [0.1, 0.15) is 5.75 Å². The van der Waals surface area contributed by atoms with Crippen LogP contribution in [0.15, 0.2) is 36.5 Å². The van der Waals surface area contributed by atoms with Gasteiger partial charge in [-0.15, -0.1) is 0 Å². The Morgan fingerprint density at radius 1 is 1.30 bits per heavy atom. The number of aromatic nitrogens is 3. The Kier molecular flexibility index (Phi) is 4.25. The largest absolute Gasteiger partial charge is 0.482 e. The number of nitrogen functional groups attached to an aromatic ring is 1. The molecule has 0 saturated heterocycles. The lowest BCUT2D eigenvalue weighted by Gasteiger charge is -2.29. The molecule has 27 heavy (non-hydrogen) atoms. The number of aliphatic hydroxyl groups excluding tert-OH is 1. The van der Waals surface area contributed by atoms with E-state index < -0.39 is 0 Å². The highest BCUT2D eigenvalue weighted by Crippen LogP contribution is 2.38. The van der Waals surface area contributed by atoms with E-state index in [9.17, 15) is 9.90 Å². The first-order valence-corrected chi connectivity index (χ1v) is 8.54. The first kappa shape index (κ1) is 17.0. The number of aliphatic hydroxyl groups is 1. The number of H-pyrrole nitrogens is 1. The van der Waals surface area contributed by atoms with E-state index in [0.29, 0.717) is 23.1 Å². The average Bonchev–Trinajstić information content (AvgIpc) is 3.05. The summed E-state index contributed by atoms with van der Waals surface area (Å²) in [6.07, 6.45) is 1.73. The van der Waals surface area contributed by atoms with Gasteiger partial charge in [-0.25, -0.2) is 4.98 Å². The quantitative estimate of drug-likeness (QED) is 0.648. The predicted octanol–water partition coefficient (Wildman–Crippen LogP) is 1.75. The fourth-order valence-corrected chi connectivity index (χ4v) is 3.20. The molecule has 0 spiro atoms. The highest BCUT2D eigenvalue weighted by Gasteiger charge is 2.26. The molecule has 4 N–H and O–H groups in total. The van der Waals surface area contributed by atoms with Gasteiger partial charge in [-0.3, -0.25) is 9.78 Å². The minimum atomic E-state index is -0.194. The predicted molar refractivity (Wildman–Crippen MR) is 101 cm³/mol. The molecule has 1 aliphatic heterocycles. The van der Waals surface area contributed by atoms with Gasteiger partial charge in [0.25, 0.3) is 5.91 Å². The van der Waals surface area contributed by atoms with Crippen LogP contribution in [0.5, 0.6) is 5.75 Å². The second kappa shape index (κ2) is 6.73. The molecule has 0 radical (unpaired) electrons. The lowest BCUT2D eigenvalue weighted by Crippen LogP contribution is -2.40. The van der Waals surface area contributed by atoms with Crippen molar-refractivity contribution in [2.75, 3.05) is 30.4 Å². The zero-order chi connectivity index (χ0) is 19.0. The van der Waals surface area contributed by atoms with Gasteiger partial charge in [-0.1, -0.05) is 0 Å². The Bertz CT molecular complexity index is 1010. The van der Waals surface area contributed by atoms with Gasteiger partial charge >= 0.3 is 0 Å². The van der Waals surface area contributed by atoms with Crippen LogP contribution < -0.4 is 15.4 Å². The van der Waals surface area contributed by atoms with Crippen LogP contribution in [0.4, 0.5) is 11.6 Å². The summed E-state index contributed by atoms with van der Waals surface area (Å²) in [4.78, 5) is 25.4. The molecule has 8 heteroatoms. The molecule has 2 aromatic heterocycles. The van der Waals surface area contributed by atoms with Crippen molar-refractivity contribution in [3.8, 4) is 28.3 Å². The van der Waals surface area contributed by atoms with E-state index in [1.807, 2.05) is 31.2 Å². The van der Waals surface area contributed by atoms with Gasteiger partial charge in [0.2, 0.25) is 0 Å². The van der Waals surface area contributed by atoms with Crippen LogP contribution in [0, 0.1) is 6.92 Å². The fourth-order valence-electron chi connectivity index (χ4n) is 3.20. The highest BCUT2D eigenvalue weighted by molar-refractivity contribution is 5.99. The number of nitrogens with two attached hydrogens (primary N) is 1. The van der Waals surface area contributed by atoms with Gasteiger partial charge in [0.05, 0.1) is 23.7 Å². The number of fused-ring (bicyclic) bond motifs is 1. The van der Waals surface area contributed by atoms with E-state index in [0.717, 1.165) is 22.5 Å². The lowest BCUT2D eigenvalue weighted by atomic mass is 10.0. The third-order valence-electron chi connectivity index (χ3n) is 4.41. The molecule has 0 aliphatic carbocycles. The summed E-state index contributed by atoms with van der Waals surface area (Å²) in [7, 11) is 0. The van der Waals surface area contributed by atoms with E-state index in [1.54, 1.807) is 12.3 Å². The Hall–Kier alpha value is -3.39. The Morgan fingerprint density at radius 2 is 2.15 bits per heavy atom. The molecule has 3 heterocycles. The monoisotopic (exact) mass is 365 g/mol. The summed E-state index contributed by atoms with van der Waals surface area (Å²) in [6.45, 7) is 1.95. The molecule has 1 aliphatic rings. The van der Waals surface area contributed by atoms with Crippen LogP contribution in [-0.2, 0) is 4.79 Å². The molecule has 138 valence electrons. The average molecular weight is 365 g/mol. The summed E-state index contributed by atoms with van der Waals surface area (Å²) in [5.74, 6) is 0.698. The number of β-amino-alcohol motifs (C(OH)–C–C–N with tert-alkyl or cyclic N) is 1. The summed E-state index contributed by atoms with van der Waals surface area (Å²) in [6, 6.07) is 9.33. The number of aryl methyl sites for hydroxylation is 1. The van der Waals surface area contributed by atoms with Crippen molar-refractivity contribution >= 4 is 17.5 Å². The molecular formula is C19H19N5O3. The summed E-state index contributed by atoms with van der Waals surface area (Å²) >= 11 is 0. The molecule has 3 aromatic rings. The molecule has 0 fully saturated rings. The molecule has 1 aromatic carbocycles. The topological polar surface area (TPSA) is 117 Å². The number of hydrogen-bond acceptors (Lipinski definition) is 6. The van der Waals surface area contributed by atoms with Gasteiger partial charge in [-0.2, -0.15) is 0 Å². The van der Waals surface area contributed by atoms with Crippen molar-refractivity contribution in [2.45, 2.75) is 6.92 Å². The number of carbonyl (C=O) groups excluding carboxylic acids is 1. The van der Waals surface area contributed by atoms with Crippen LogP contribution in [0.2, 0.25) is 0 Å². The molecule has 4 rings (SSSR count). The number of amides is 1. The number of nitrogens with one attached hydrogen (secondary N) is 1. The molecule has 1 amide bonds. The number of anilines is 2. The maximum absolute atomic E-state index is 12.2. The maximum atomic E-state index is 12.2. The number of imidazole rings is 1. The number of rotatable bonds is 4. The van der Waals surface area contributed by atoms with Crippen molar-refractivity contribution in [3.63, 3.8) is 0 Å². The van der Waals surface area contributed by atoms with Gasteiger partial charge in [0.15, 0.2) is 12.6 Å². The van der Waals surface area contributed by atoms with Crippen LogP contribution >= 0.6 is 0 Å². The molecule has 0 atom stereocenters. The van der Waals surface area contributed by atoms with E-state index >= 15 is 0 Å². The third kappa shape index (κ3) is 3.11. The smallest absolute Gasteiger partial charge is 0.265 e. The van der Waals surface area contributed by atoms with Crippen molar-refractivity contribution in [1.82, 2.24) is 15.0 Å². The summed E-state index contributed by atoms with van der Waals surface area (Å²) in [5.41, 5.74) is 10.6. The van der Waals surface area contributed by atoms with E-state index in [1.165, 1.54) is 4.90 Å². The number of pyridine rings is 1. The molecule has 0 bridgehead atoms. The normalized spacial score (nSPS) is 13.4. The molecule has 8 nitrogen and oxygen atoms in total. The van der Waals surface area contributed by atoms with Crippen molar-refractivity contribution < 1.29 is 14.6 Å². The zero-order valence-corrected chi connectivity index (χ0v) is 14.8. The number of benzene rings is 1. The number of hydrogen-bond donors (Lipinski definition) is 3. The second-order valence-corrected chi connectivity index (χ2v) is 6.27. The van der Waals surface area contributed by atoms with Crippen molar-refractivity contribution in [2.24, 2.45) is 0 Å². The minimum Gasteiger partial charge on any atom is -0.482 e. The van der Waals surface area contributed by atoms with Gasteiger partial charge < -0.3 is 25.5 Å². The zero-order valence-electron chi connectivity index (χ0n) is 14.8. The molecular weight excluding hydrogens is 346 g/mol. The third-order valence-corrected chi connectivity index (χ3v) is 4.41. The second-order valence-electron chi connectivity index (χ2n) is 6.27.